The lowest BCUT2D eigenvalue weighted by Gasteiger charge is -2.41. The van der Waals surface area contributed by atoms with Gasteiger partial charge >= 0.3 is 0 Å². The number of hydrogen-bond acceptors (Lipinski definition) is 3. The molecule has 1 saturated heterocycles. The Morgan fingerprint density at radius 1 is 0.905 bits per heavy atom. The van der Waals surface area contributed by atoms with Crippen LogP contribution in [0.1, 0.15) is 70.6 Å². The molecule has 0 aromatic carbocycles. The molecule has 3 nitrogen and oxygen atoms in total. The first-order valence-electron chi connectivity index (χ1n) is 9.30. The molecule has 122 valence electrons. The summed E-state index contributed by atoms with van der Waals surface area (Å²) < 4.78 is 5.39. The summed E-state index contributed by atoms with van der Waals surface area (Å²) >= 11 is 0. The van der Waals surface area contributed by atoms with E-state index in [0.717, 1.165) is 44.4 Å². The van der Waals surface area contributed by atoms with Crippen LogP contribution in [-0.2, 0) is 4.74 Å². The van der Waals surface area contributed by atoms with E-state index in [9.17, 15) is 5.11 Å². The van der Waals surface area contributed by atoms with Crippen LogP contribution in [0.3, 0.4) is 0 Å². The Balaban J connectivity index is 1.53. The molecular weight excluding hydrogens is 262 g/mol. The first-order chi connectivity index (χ1) is 10.3. The van der Waals surface area contributed by atoms with Crippen LogP contribution >= 0.6 is 0 Å². The van der Waals surface area contributed by atoms with Crippen LogP contribution in [0.15, 0.2) is 0 Å². The normalized spacial score (nSPS) is 34.7. The van der Waals surface area contributed by atoms with Crippen molar-refractivity contribution in [2.75, 3.05) is 19.8 Å². The maximum atomic E-state index is 10.7. The molecule has 21 heavy (non-hydrogen) atoms. The average Bonchev–Trinajstić information content (AvgIpc) is 2.55. The molecule has 3 aliphatic rings. The monoisotopic (exact) mass is 295 g/mol. The second-order valence-electron chi connectivity index (χ2n) is 7.67. The number of ether oxygens (including phenoxy) is 1. The topological polar surface area (TPSA) is 41.5 Å². The summed E-state index contributed by atoms with van der Waals surface area (Å²) in [4.78, 5) is 0. The van der Waals surface area contributed by atoms with Gasteiger partial charge in [-0.2, -0.15) is 0 Å². The van der Waals surface area contributed by atoms with E-state index >= 15 is 0 Å². The molecule has 3 heteroatoms. The van der Waals surface area contributed by atoms with Gasteiger partial charge in [0.15, 0.2) is 0 Å². The van der Waals surface area contributed by atoms with Crippen molar-refractivity contribution in [2.45, 2.75) is 82.3 Å². The summed E-state index contributed by atoms with van der Waals surface area (Å²) in [5.41, 5.74) is -0.521. The van der Waals surface area contributed by atoms with Gasteiger partial charge in [-0.15, -0.1) is 0 Å². The fourth-order valence-corrected chi connectivity index (χ4v) is 4.79. The zero-order valence-corrected chi connectivity index (χ0v) is 13.5. The van der Waals surface area contributed by atoms with Gasteiger partial charge in [0.05, 0.1) is 5.60 Å². The molecular formula is C18H33NO2. The van der Waals surface area contributed by atoms with Crippen molar-refractivity contribution in [1.82, 2.24) is 5.32 Å². The predicted molar refractivity (Wildman–Crippen MR) is 85.3 cm³/mol. The summed E-state index contributed by atoms with van der Waals surface area (Å²) in [6, 6.07) is 0.647. The van der Waals surface area contributed by atoms with Crippen molar-refractivity contribution in [3.8, 4) is 0 Å². The number of hydrogen-bond donors (Lipinski definition) is 2. The summed E-state index contributed by atoms with van der Waals surface area (Å²) in [5, 5.41) is 14.4. The third-order valence-corrected chi connectivity index (χ3v) is 6.19. The van der Waals surface area contributed by atoms with Crippen molar-refractivity contribution < 1.29 is 9.84 Å². The molecule has 2 unspecified atom stereocenters. The number of aliphatic hydroxyl groups is 1. The highest BCUT2D eigenvalue weighted by Crippen LogP contribution is 2.38. The minimum atomic E-state index is -0.521. The van der Waals surface area contributed by atoms with Gasteiger partial charge in [0.1, 0.15) is 0 Å². The Kier molecular flexibility index (Phi) is 5.58. The second-order valence-corrected chi connectivity index (χ2v) is 7.67. The molecule has 0 aromatic heterocycles. The zero-order valence-electron chi connectivity index (χ0n) is 13.5. The summed E-state index contributed by atoms with van der Waals surface area (Å²) in [6.07, 6.45) is 14.3. The van der Waals surface area contributed by atoms with E-state index in [-0.39, 0.29) is 0 Å². The van der Waals surface area contributed by atoms with Crippen molar-refractivity contribution in [2.24, 2.45) is 11.8 Å². The molecule has 2 aliphatic carbocycles. The van der Waals surface area contributed by atoms with Crippen LogP contribution in [0.25, 0.3) is 0 Å². The quantitative estimate of drug-likeness (QED) is 0.836. The first-order valence-corrected chi connectivity index (χ1v) is 9.30. The minimum Gasteiger partial charge on any atom is -0.388 e. The highest BCUT2D eigenvalue weighted by atomic mass is 16.5. The smallest absolute Gasteiger partial charge is 0.0815 e. The molecule has 0 spiro atoms. The summed E-state index contributed by atoms with van der Waals surface area (Å²) in [6.45, 7) is 2.20. The maximum absolute atomic E-state index is 10.7. The summed E-state index contributed by atoms with van der Waals surface area (Å²) in [7, 11) is 0. The molecule has 2 atom stereocenters. The second kappa shape index (κ2) is 7.43. The maximum Gasteiger partial charge on any atom is 0.0815 e. The van der Waals surface area contributed by atoms with Gasteiger partial charge in [0, 0.05) is 38.6 Å². The van der Waals surface area contributed by atoms with E-state index < -0.39 is 5.60 Å². The first kappa shape index (κ1) is 15.8. The molecule has 3 fully saturated rings. The molecule has 2 saturated carbocycles. The fraction of sp³-hybridized carbons (Fsp3) is 1.00. The third kappa shape index (κ3) is 4.20. The van der Waals surface area contributed by atoms with Crippen LogP contribution in [-0.4, -0.2) is 36.5 Å². The largest absolute Gasteiger partial charge is 0.388 e. The SMILES string of the molecule is OC1(CNC2CCCCC2C2CCCCC2)CCOCC1. The highest BCUT2D eigenvalue weighted by molar-refractivity contribution is 4.90. The summed E-state index contributed by atoms with van der Waals surface area (Å²) in [5.74, 6) is 1.81. The van der Waals surface area contributed by atoms with E-state index in [0.29, 0.717) is 6.04 Å². The Hall–Kier alpha value is -0.120. The predicted octanol–water partition coefficient (Wildman–Crippen LogP) is 3.26. The average molecular weight is 295 g/mol. The van der Waals surface area contributed by atoms with Crippen LogP contribution in [0, 0.1) is 11.8 Å². The molecule has 0 aromatic rings. The van der Waals surface area contributed by atoms with Crippen LogP contribution < -0.4 is 5.32 Å². The molecule has 2 N–H and O–H groups in total. The van der Waals surface area contributed by atoms with Gasteiger partial charge in [-0.05, 0) is 24.7 Å². The lowest BCUT2D eigenvalue weighted by Crippen LogP contribution is -2.51. The van der Waals surface area contributed by atoms with Crippen LogP contribution in [0.2, 0.25) is 0 Å². The Labute approximate surface area is 129 Å². The van der Waals surface area contributed by atoms with E-state index in [2.05, 4.69) is 5.32 Å². The van der Waals surface area contributed by atoms with Crippen LogP contribution in [0.5, 0.6) is 0 Å². The lowest BCUT2D eigenvalue weighted by molar-refractivity contribution is -0.0647. The Morgan fingerprint density at radius 2 is 1.57 bits per heavy atom. The number of nitrogens with one attached hydrogen (secondary N) is 1. The standard InChI is InChI=1S/C18H33NO2/c20-18(10-12-21-13-11-18)14-19-17-9-5-4-8-16(17)15-6-2-1-3-7-15/h15-17,19-20H,1-14H2. The third-order valence-electron chi connectivity index (χ3n) is 6.19. The Morgan fingerprint density at radius 3 is 2.33 bits per heavy atom. The molecule has 0 amide bonds. The van der Waals surface area contributed by atoms with Gasteiger partial charge < -0.3 is 15.2 Å². The zero-order chi connectivity index (χ0) is 14.5. The number of rotatable bonds is 4. The Bertz CT molecular complexity index is 308. The molecule has 3 rings (SSSR count). The molecule has 0 radical (unpaired) electrons. The van der Waals surface area contributed by atoms with Crippen molar-refractivity contribution in [3.63, 3.8) is 0 Å². The minimum absolute atomic E-state index is 0.521. The van der Waals surface area contributed by atoms with Gasteiger partial charge in [0.25, 0.3) is 0 Å². The van der Waals surface area contributed by atoms with Gasteiger partial charge in [-0.3, -0.25) is 0 Å². The molecule has 0 bridgehead atoms. The van der Waals surface area contributed by atoms with Crippen molar-refractivity contribution in [1.29, 1.82) is 0 Å². The van der Waals surface area contributed by atoms with Gasteiger partial charge in [0.2, 0.25) is 0 Å². The van der Waals surface area contributed by atoms with Crippen molar-refractivity contribution >= 4 is 0 Å². The molecule has 1 heterocycles. The highest BCUT2D eigenvalue weighted by Gasteiger charge is 2.35. The molecule has 1 aliphatic heterocycles. The van der Waals surface area contributed by atoms with Gasteiger partial charge in [-0.1, -0.05) is 44.9 Å². The van der Waals surface area contributed by atoms with Crippen LogP contribution in [0.4, 0.5) is 0 Å². The van der Waals surface area contributed by atoms with Crippen molar-refractivity contribution in [3.05, 3.63) is 0 Å². The van der Waals surface area contributed by atoms with E-state index in [1.54, 1.807) is 0 Å². The lowest BCUT2D eigenvalue weighted by atomic mass is 9.71. The van der Waals surface area contributed by atoms with Gasteiger partial charge in [-0.25, -0.2) is 0 Å². The fourth-order valence-electron chi connectivity index (χ4n) is 4.79. The van der Waals surface area contributed by atoms with E-state index in [1.807, 2.05) is 0 Å². The van der Waals surface area contributed by atoms with E-state index in [1.165, 1.54) is 57.8 Å². The van der Waals surface area contributed by atoms with E-state index in [4.69, 9.17) is 4.74 Å².